The van der Waals surface area contributed by atoms with E-state index >= 15 is 0 Å². The number of hydrogen-bond donors (Lipinski definition) is 2. The molecule has 0 aliphatic carbocycles. The summed E-state index contributed by atoms with van der Waals surface area (Å²) in [6.07, 6.45) is -2.19. The van der Waals surface area contributed by atoms with Gasteiger partial charge in [-0.3, -0.25) is 14.9 Å². The third-order valence-electron chi connectivity index (χ3n) is 8.19. The second kappa shape index (κ2) is 17.2. The maximum Gasteiger partial charge on any atom is 0.412 e. The van der Waals surface area contributed by atoms with Crippen molar-refractivity contribution in [1.82, 2.24) is 0 Å². The molecule has 12 heteroatoms. The van der Waals surface area contributed by atoms with Crippen LogP contribution < -0.4 is 5.32 Å². The van der Waals surface area contributed by atoms with E-state index in [0.717, 1.165) is 20.1 Å². The smallest absolute Gasteiger partial charge is 0.412 e. The van der Waals surface area contributed by atoms with Gasteiger partial charge in [0.15, 0.2) is 24.6 Å². The van der Waals surface area contributed by atoms with Crippen molar-refractivity contribution in [1.29, 1.82) is 0 Å². The van der Waals surface area contributed by atoms with Crippen molar-refractivity contribution in [3.05, 3.63) is 111 Å². The molecule has 2 aliphatic heterocycles. The molecule has 1 amide bonds. The number of ether oxygens (including phenoxy) is 5. The van der Waals surface area contributed by atoms with Crippen LogP contribution in [-0.2, 0) is 46.1 Å². The lowest BCUT2D eigenvalue weighted by Gasteiger charge is -2.44. The van der Waals surface area contributed by atoms with Gasteiger partial charge in [0, 0.05) is 21.7 Å². The van der Waals surface area contributed by atoms with Gasteiger partial charge in [0.25, 0.3) is 0 Å². The summed E-state index contributed by atoms with van der Waals surface area (Å²) in [4.78, 5) is 41.0. The first-order valence-corrected chi connectivity index (χ1v) is 17.2. The van der Waals surface area contributed by atoms with Gasteiger partial charge >= 0.3 is 18.0 Å². The standard InChI is InChI=1S/C36H37Br2NO9/c1-44-35-32-31(30(29(21-40)45-35)48-36(43)39-28-15-3-2-4-16-28)46-33(41)24(17-22-9-7-13-26(37)19-22)11-5-6-12-25(34(42)47-32)18-23-10-8-14-27(38)20-23/h2-10,13-16,19-20,24-25,29-32,35,40H,11-12,17-18,21H2,1H3,(H,39,43)/b6-5-/t24-,25-,29+,30+,31-,32+,35-/m0/s1. The Morgan fingerprint density at radius 1 is 0.833 bits per heavy atom. The summed E-state index contributed by atoms with van der Waals surface area (Å²) in [5.41, 5.74) is 2.29. The van der Waals surface area contributed by atoms with E-state index in [9.17, 15) is 19.5 Å². The summed E-state index contributed by atoms with van der Waals surface area (Å²) in [5.74, 6) is -2.41. The molecule has 0 bridgehead atoms. The lowest BCUT2D eigenvalue weighted by molar-refractivity contribution is -0.300. The number of hydrogen-bond acceptors (Lipinski definition) is 9. The lowest BCUT2D eigenvalue weighted by atomic mass is 9.92. The van der Waals surface area contributed by atoms with Gasteiger partial charge in [0.2, 0.25) is 0 Å². The average molecular weight is 787 g/mol. The Balaban J connectivity index is 1.50. The van der Waals surface area contributed by atoms with E-state index in [-0.39, 0.29) is 0 Å². The van der Waals surface area contributed by atoms with Crippen molar-refractivity contribution in [3.8, 4) is 0 Å². The number of amides is 1. The quantitative estimate of drug-likeness (QED) is 0.152. The molecular formula is C36H37Br2NO9. The van der Waals surface area contributed by atoms with E-state index in [1.807, 2.05) is 60.7 Å². The van der Waals surface area contributed by atoms with Crippen LogP contribution in [0, 0.1) is 11.8 Å². The number of fused-ring (bicyclic) bond motifs is 1. The van der Waals surface area contributed by atoms with Crippen LogP contribution in [0.1, 0.15) is 24.0 Å². The zero-order valence-corrected chi connectivity index (χ0v) is 29.4. The molecule has 0 aromatic heterocycles. The molecule has 48 heavy (non-hydrogen) atoms. The maximum atomic E-state index is 14.0. The van der Waals surface area contributed by atoms with Gasteiger partial charge in [-0.15, -0.1) is 0 Å². The maximum absolute atomic E-state index is 14.0. The molecule has 0 radical (unpaired) electrons. The van der Waals surface area contributed by atoms with Crippen LogP contribution in [0.15, 0.2) is 100.0 Å². The Morgan fingerprint density at radius 2 is 1.40 bits per heavy atom. The molecule has 1 saturated heterocycles. The van der Waals surface area contributed by atoms with Crippen LogP contribution in [-0.4, -0.2) is 67.6 Å². The number of halogens is 2. The molecule has 3 aromatic rings. The lowest BCUT2D eigenvalue weighted by Crippen LogP contribution is -2.63. The molecule has 254 valence electrons. The van der Waals surface area contributed by atoms with Crippen LogP contribution in [0.3, 0.4) is 0 Å². The molecule has 2 N–H and O–H groups in total. The van der Waals surface area contributed by atoms with Gasteiger partial charge < -0.3 is 28.8 Å². The number of para-hydroxylation sites is 1. The topological polar surface area (TPSA) is 130 Å². The summed E-state index contributed by atoms with van der Waals surface area (Å²) in [5, 5.41) is 13.0. The third kappa shape index (κ3) is 9.54. The van der Waals surface area contributed by atoms with Crippen molar-refractivity contribution in [2.75, 3.05) is 19.0 Å². The normalized spacial score (nSPS) is 26.9. The van der Waals surface area contributed by atoms with Crippen molar-refractivity contribution in [2.45, 2.75) is 56.4 Å². The molecule has 2 heterocycles. The van der Waals surface area contributed by atoms with Gasteiger partial charge in [-0.05, 0) is 73.2 Å². The Kier molecular flexibility index (Phi) is 12.8. The fourth-order valence-electron chi connectivity index (χ4n) is 5.81. The van der Waals surface area contributed by atoms with E-state index in [1.165, 1.54) is 7.11 Å². The second-order valence-corrected chi connectivity index (χ2v) is 13.5. The van der Waals surface area contributed by atoms with Gasteiger partial charge in [0.05, 0.1) is 18.4 Å². The Bertz CT molecular complexity index is 1590. The molecule has 0 spiro atoms. The SMILES string of the molecule is CO[C@H]1O[C@H](CO)[C@@H](OC(=O)Nc2ccccc2)[C@@H]2OC(=O)[C@H](Cc3cccc(Br)c3)C/C=C\C[C@@H](Cc3cccc(Br)c3)C(=O)O[C@@H]12. The minimum absolute atomic E-state index is 0.328. The van der Waals surface area contributed by atoms with Crippen LogP contribution in [0.25, 0.3) is 0 Å². The highest BCUT2D eigenvalue weighted by molar-refractivity contribution is 9.10. The minimum Gasteiger partial charge on any atom is -0.454 e. The highest BCUT2D eigenvalue weighted by atomic mass is 79.9. The number of methoxy groups -OCH3 is 1. The Labute approximate surface area is 296 Å². The first kappa shape index (κ1) is 35.7. The number of rotatable bonds is 8. The largest absolute Gasteiger partial charge is 0.454 e. The van der Waals surface area contributed by atoms with E-state index in [1.54, 1.807) is 30.3 Å². The number of allylic oxidation sites excluding steroid dienone is 2. The van der Waals surface area contributed by atoms with Crippen LogP contribution in [0.5, 0.6) is 0 Å². The zero-order chi connectivity index (χ0) is 34.0. The number of carbonyl (C=O) groups excluding carboxylic acids is 3. The second-order valence-electron chi connectivity index (χ2n) is 11.6. The number of esters is 2. The van der Waals surface area contributed by atoms with Crippen LogP contribution in [0.4, 0.5) is 10.5 Å². The van der Waals surface area contributed by atoms with Crippen molar-refractivity contribution in [2.24, 2.45) is 11.8 Å². The number of nitrogens with one attached hydrogen (secondary N) is 1. The van der Waals surface area contributed by atoms with Crippen molar-refractivity contribution >= 4 is 55.6 Å². The number of aliphatic hydroxyl groups excluding tert-OH is 1. The third-order valence-corrected chi connectivity index (χ3v) is 9.17. The average Bonchev–Trinajstić information content (AvgIpc) is 3.07. The van der Waals surface area contributed by atoms with Crippen LogP contribution >= 0.6 is 31.9 Å². The highest BCUT2D eigenvalue weighted by Gasteiger charge is 2.53. The van der Waals surface area contributed by atoms with Crippen molar-refractivity contribution < 1.29 is 43.2 Å². The molecular weight excluding hydrogens is 750 g/mol. The van der Waals surface area contributed by atoms with Gasteiger partial charge in [0.1, 0.15) is 6.10 Å². The minimum atomic E-state index is -1.38. The summed E-state index contributed by atoms with van der Waals surface area (Å²) in [7, 11) is 1.35. The summed E-state index contributed by atoms with van der Waals surface area (Å²) in [6.45, 7) is -0.604. The molecule has 2 aliphatic rings. The fourth-order valence-corrected chi connectivity index (χ4v) is 6.71. The Morgan fingerprint density at radius 3 is 1.92 bits per heavy atom. The zero-order valence-electron chi connectivity index (χ0n) is 26.2. The first-order chi connectivity index (χ1) is 23.2. The number of carbonyl (C=O) groups is 3. The molecule has 5 rings (SSSR count). The molecule has 0 saturated carbocycles. The van der Waals surface area contributed by atoms with Gasteiger partial charge in [-0.25, -0.2) is 4.79 Å². The monoisotopic (exact) mass is 785 g/mol. The number of benzene rings is 3. The summed E-state index contributed by atoms with van der Waals surface area (Å²) in [6, 6.07) is 23.9. The van der Waals surface area contributed by atoms with E-state index in [4.69, 9.17) is 23.7 Å². The number of anilines is 1. The summed E-state index contributed by atoms with van der Waals surface area (Å²) < 4.78 is 31.3. The molecule has 0 unspecified atom stereocenters. The van der Waals surface area contributed by atoms with Gasteiger partial charge in [-0.2, -0.15) is 0 Å². The van der Waals surface area contributed by atoms with Crippen molar-refractivity contribution in [3.63, 3.8) is 0 Å². The molecule has 1 fully saturated rings. The van der Waals surface area contributed by atoms with Crippen LogP contribution in [0.2, 0.25) is 0 Å². The van der Waals surface area contributed by atoms with E-state index in [0.29, 0.717) is 31.4 Å². The predicted octanol–water partition coefficient (Wildman–Crippen LogP) is 6.38. The molecule has 3 aromatic carbocycles. The van der Waals surface area contributed by atoms with Gasteiger partial charge in [-0.1, -0.05) is 86.5 Å². The fraction of sp³-hybridized carbons (Fsp3) is 0.361. The first-order valence-electron chi connectivity index (χ1n) is 15.6. The number of aliphatic hydroxyl groups is 1. The summed E-state index contributed by atoms with van der Waals surface area (Å²) >= 11 is 6.99. The molecule has 7 atom stereocenters. The van der Waals surface area contributed by atoms with E-state index in [2.05, 4.69) is 37.2 Å². The molecule has 10 nitrogen and oxygen atoms in total. The van der Waals surface area contributed by atoms with E-state index < -0.39 is 67.2 Å². The predicted molar refractivity (Wildman–Crippen MR) is 184 cm³/mol. The Hall–Kier alpha value is -3.55. The highest BCUT2D eigenvalue weighted by Crippen LogP contribution is 2.32.